The van der Waals surface area contributed by atoms with E-state index in [0.717, 1.165) is 29.8 Å². The van der Waals surface area contributed by atoms with Gasteiger partial charge in [-0.1, -0.05) is 24.3 Å². The zero-order valence-corrected chi connectivity index (χ0v) is 20.7. The number of amides is 1. The summed E-state index contributed by atoms with van der Waals surface area (Å²) in [6, 6.07) is 19.1. The van der Waals surface area contributed by atoms with E-state index < -0.39 is 0 Å². The van der Waals surface area contributed by atoms with Gasteiger partial charge in [0, 0.05) is 36.8 Å². The molecule has 2 aromatic heterocycles. The molecular weight excluding hydrogens is 468 g/mol. The molecule has 0 spiro atoms. The Kier molecular flexibility index (Phi) is 7.04. The van der Waals surface area contributed by atoms with Gasteiger partial charge in [-0.2, -0.15) is 5.10 Å². The Morgan fingerprint density at radius 3 is 2.70 bits per heavy atom. The van der Waals surface area contributed by atoms with E-state index in [1.807, 2.05) is 83.3 Å². The molecule has 4 aromatic rings. The molecule has 37 heavy (non-hydrogen) atoms. The fourth-order valence-corrected chi connectivity index (χ4v) is 4.84. The number of carbonyl (C=O) groups is 1. The van der Waals surface area contributed by atoms with E-state index in [4.69, 9.17) is 10.5 Å². The number of anilines is 1. The van der Waals surface area contributed by atoms with Gasteiger partial charge in [0.05, 0.1) is 6.04 Å². The molecule has 1 aliphatic heterocycles. The third-order valence-corrected chi connectivity index (χ3v) is 6.59. The average molecular weight is 499 g/mol. The predicted molar refractivity (Wildman–Crippen MR) is 145 cm³/mol. The number of benzene rings is 2. The molecule has 3 heterocycles. The largest absolute Gasteiger partial charge is 0.457 e. The van der Waals surface area contributed by atoms with Gasteiger partial charge in [0.2, 0.25) is 5.91 Å². The standard InChI is InChI=1S/C28H30N6O3/c1-30-15-5-10-25(35)33-16-6-7-20(18-33)34-24(17-23-26(34)28(36)32-31-27(23)29)19-11-13-22(14-12-19)37-21-8-3-2-4-9-21/h2-5,8-14,17,20,30H,6-7,15-16,18H2,1H3,(H2,29,31)(H,32,36)/t20-/m1/s1. The average Bonchev–Trinajstić information content (AvgIpc) is 3.34. The van der Waals surface area contributed by atoms with Crippen LogP contribution in [0.4, 0.5) is 5.82 Å². The lowest BCUT2D eigenvalue weighted by atomic mass is 10.0. The van der Waals surface area contributed by atoms with Crippen LogP contribution in [0.1, 0.15) is 18.9 Å². The lowest BCUT2D eigenvalue weighted by Crippen LogP contribution is -2.40. The van der Waals surface area contributed by atoms with Gasteiger partial charge in [-0.05, 0) is 67.9 Å². The molecule has 5 rings (SSSR count). The number of para-hydroxylation sites is 1. The number of piperidine rings is 1. The van der Waals surface area contributed by atoms with Gasteiger partial charge >= 0.3 is 0 Å². The van der Waals surface area contributed by atoms with Crippen LogP contribution in [0.2, 0.25) is 0 Å². The number of nitrogens with zero attached hydrogens (tertiary/aromatic N) is 3. The number of H-pyrrole nitrogens is 1. The van der Waals surface area contributed by atoms with Crippen molar-refractivity contribution in [3.63, 3.8) is 0 Å². The first-order valence-corrected chi connectivity index (χ1v) is 12.4. The van der Waals surface area contributed by atoms with Crippen LogP contribution in [0.3, 0.4) is 0 Å². The first-order chi connectivity index (χ1) is 18.0. The number of nitrogens with one attached hydrogen (secondary N) is 2. The predicted octanol–water partition coefficient (Wildman–Crippen LogP) is 3.71. The number of aromatic amines is 1. The highest BCUT2D eigenvalue weighted by Crippen LogP contribution is 2.36. The van der Waals surface area contributed by atoms with Crippen molar-refractivity contribution in [1.82, 2.24) is 25.0 Å². The number of likely N-dealkylation sites (tertiary alicyclic amines) is 1. The molecule has 4 N–H and O–H groups in total. The van der Waals surface area contributed by atoms with E-state index in [1.54, 1.807) is 6.08 Å². The number of fused-ring (bicyclic) bond motifs is 1. The van der Waals surface area contributed by atoms with Crippen LogP contribution in [0.25, 0.3) is 22.2 Å². The highest BCUT2D eigenvalue weighted by atomic mass is 16.5. The lowest BCUT2D eigenvalue weighted by Gasteiger charge is -2.34. The number of hydrogen-bond donors (Lipinski definition) is 3. The monoisotopic (exact) mass is 498 g/mol. The third-order valence-electron chi connectivity index (χ3n) is 6.59. The number of aromatic nitrogens is 3. The molecule has 1 saturated heterocycles. The van der Waals surface area contributed by atoms with E-state index >= 15 is 0 Å². The minimum atomic E-state index is -0.308. The van der Waals surface area contributed by atoms with Crippen molar-refractivity contribution in [2.75, 3.05) is 32.4 Å². The van der Waals surface area contributed by atoms with Gasteiger partial charge in [-0.25, -0.2) is 5.10 Å². The van der Waals surface area contributed by atoms with Crippen LogP contribution >= 0.6 is 0 Å². The zero-order chi connectivity index (χ0) is 25.8. The zero-order valence-electron chi connectivity index (χ0n) is 20.7. The molecule has 0 saturated carbocycles. The molecule has 0 bridgehead atoms. The summed E-state index contributed by atoms with van der Waals surface area (Å²) >= 11 is 0. The van der Waals surface area contributed by atoms with Crippen molar-refractivity contribution in [1.29, 1.82) is 0 Å². The number of ether oxygens (including phenoxy) is 1. The van der Waals surface area contributed by atoms with Crippen LogP contribution in [0.15, 0.2) is 77.6 Å². The van der Waals surface area contributed by atoms with Gasteiger partial charge in [-0.3, -0.25) is 9.59 Å². The molecule has 9 heteroatoms. The summed E-state index contributed by atoms with van der Waals surface area (Å²) in [7, 11) is 1.84. The first-order valence-electron chi connectivity index (χ1n) is 12.4. The quantitative estimate of drug-likeness (QED) is 0.334. The van der Waals surface area contributed by atoms with Crippen molar-refractivity contribution in [2.24, 2.45) is 0 Å². The molecule has 9 nitrogen and oxygen atoms in total. The van der Waals surface area contributed by atoms with Crippen molar-refractivity contribution in [3.8, 4) is 22.8 Å². The Balaban J connectivity index is 1.52. The summed E-state index contributed by atoms with van der Waals surface area (Å²) in [6.07, 6.45) is 5.09. The smallest absolute Gasteiger partial charge is 0.288 e. The third kappa shape index (κ3) is 5.12. The van der Waals surface area contributed by atoms with E-state index in [2.05, 4.69) is 15.5 Å². The Morgan fingerprint density at radius 1 is 1.19 bits per heavy atom. The van der Waals surface area contributed by atoms with Crippen molar-refractivity contribution in [3.05, 3.63) is 83.2 Å². The highest BCUT2D eigenvalue weighted by molar-refractivity contribution is 5.93. The second-order valence-corrected chi connectivity index (χ2v) is 9.08. The Labute approximate surface area is 214 Å². The lowest BCUT2D eigenvalue weighted by molar-refractivity contribution is -0.127. The Hall–Kier alpha value is -4.37. The number of hydrogen-bond acceptors (Lipinski definition) is 6. The Morgan fingerprint density at radius 2 is 1.95 bits per heavy atom. The maximum Gasteiger partial charge on any atom is 0.288 e. The van der Waals surface area contributed by atoms with Gasteiger partial charge < -0.3 is 25.3 Å². The molecule has 190 valence electrons. The van der Waals surface area contributed by atoms with Crippen molar-refractivity contribution < 1.29 is 9.53 Å². The minimum Gasteiger partial charge on any atom is -0.457 e. The van der Waals surface area contributed by atoms with Gasteiger partial charge in [0.25, 0.3) is 5.56 Å². The second kappa shape index (κ2) is 10.7. The molecule has 0 aliphatic carbocycles. The fourth-order valence-electron chi connectivity index (χ4n) is 4.84. The second-order valence-electron chi connectivity index (χ2n) is 9.08. The Bertz CT molecular complexity index is 1470. The van der Waals surface area contributed by atoms with Crippen molar-refractivity contribution in [2.45, 2.75) is 18.9 Å². The molecular formula is C28H30N6O3. The summed E-state index contributed by atoms with van der Waals surface area (Å²) in [5, 5.41) is 10.1. The number of nitrogens with two attached hydrogens (primary N) is 1. The topological polar surface area (TPSA) is 118 Å². The number of nitrogen functional groups attached to an aromatic ring is 1. The fraction of sp³-hybridized carbons (Fsp3) is 0.250. The first kappa shape index (κ1) is 24.3. The SMILES string of the molecule is CNCC=CC(=O)N1CCC[C@@H](n2c(-c3ccc(Oc4ccccc4)cc3)cc3c(N)n[nH]c(=O)c32)C1. The molecule has 1 aliphatic rings. The van der Waals surface area contributed by atoms with E-state index in [1.165, 1.54) is 0 Å². The molecule has 2 aromatic carbocycles. The van der Waals surface area contributed by atoms with E-state index in [9.17, 15) is 9.59 Å². The van der Waals surface area contributed by atoms with E-state index in [-0.39, 0.29) is 23.3 Å². The number of carbonyl (C=O) groups excluding carboxylic acids is 1. The van der Waals surface area contributed by atoms with Gasteiger partial charge in [0.15, 0.2) is 5.82 Å². The van der Waals surface area contributed by atoms with Gasteiger partial charge in [0.1, 0.15) is 17.0 Å². The summed E-state index contributed by atoms with van der Waals surface area (Å²) < 4.78 is 7.97. The summed E-state index contributed by atoms with van der Waals surface area (Å²) in [6.45, 7) is 1.80. The summed E-state index contributed by atoms with van der Waals surface area (Å²) in [5.41, 5.74) is 8.09. The normalized spacial score (nSPS) is 15.9. The maximum atomic E-state index is 13.0. The summed E-state index contributed by atoms with van der Waals surface area (Å²) in [4.78, 5) is 27.6. The highest BCUT2D eigenvalue weighted by Gasteiger charge is 2.28. The van der Waals surface area contributed by atoms with Crippen LogP contribution in [0, 0.1) is 0 Å². The van der Waals surface area contributed by atoms with Crippen LogP contribution in [-0.2, 0) is 4.79 Å². The maximum absolute atomic E-state index is 13.0. The minimum absolute atomic E-state index is 0.0320. The van der Waals surface area contributed by atoms with Crippen LogP contribution in [0.5, 0.6) is 11.5 Å². The molecule has 1 atom stereocenters. The molecule has 0 unspecified atom stereocenters. The number of likely N-dealkylation sites (N-methyl/N-ethyl adjacent to an activating group) is 1. The van der Waals surface area contributed by atoms with E-state index in [0.29, 0.717) is 36.3 Å². The molecule has 1 fully saturated rings. The van der Waals surface area contributed by atoms with Crippen LogP contribution < -0.4 is 21.3 Å². The molecule has 1 amide bonds. The van der Waals surface area contributed by atoms with Crippen molar-refractivity contribution >= 4 is 22.6 Å². The number of rotatable bonds is 7. The van der Waals surface area contributed by atoms with Gasteiger partial charge in [-0.15, -0.1) is 0 Å². The molecule has 0 radical (unpaired) electrons. The van der Waals surface area contributed by atoms with Crippen LogP contribution in [-0.4, -0.2) is 52.3 Å². The summed E-state index contributed by atoms with van der Waals surface area (Å²) in [5.74, 6) is 1.69.